The summed E-state index contributed by atoms with van der Waals surface area (Å²) in [5, 5.41) is 0.810. The summed E-state index contributed by atoms with van der Waals surface area (Å²) in [6.07, 6.45) is 0.534. The van der Waals surface area contributed by atoms with Gasteiger partial charge in [0.2, 0.25) is 7.37 Å². The van der Waals surface area contributed by atoms with Gasteiger partial charge in [0.25, 0.3) is 5.56 Å². The molecular weight excluding hydrogens is 349 g/mol. The largest absolute Gasteiger partial charge is 0.497 e. The number of hydrogen-bond donors (Lipinski definition) is 1. The van der Waals surface area contributed by atoms with Gasteiger partial charge in [-0.25, -0.2) is 0 Å². The Morgan fingerprint density at radius 3 is 2.54 bits per heavy atom. The number of methoxy groups -OCH3 is 1. The second-order valence-electron chi connectivity index (χ2n) is 6.42. The molecule has 0 spiro atoms. The highest BCUT2D eigenvalue weighted by molar-refractivity contribution is 7.57. The van der Waals surface area contributed by atoms with Crippen LogP contribution < -0.4 is 10.3 Å². The lowest BCUT2D eigenvalue weighted by Crippen LogP contribution is -2.21. The number of nitrogens with zero attached hydrogens (tertiary/aromatic N) is 1. The first-order valence-electron chi connectivity index (χ1n) is 8.41. The topological polar surface area (TPSA) is 68.5 Å². The van der Waals surface area contributed by atoms with Crippen LogP contribution in [0.4, 0.5) is 0 Å². The fourth-order valence-electron chi connectivity index (χ4n) is 3.06. The average molecular weight is 371 g/mol. The second-order valence-corrected chi connectivity index (χ2v) is 8.88. The Bertz CT molecular complexity index is 1030. The molecule has 1 heterocycles. The zero-order valence-corrected chi connectivity index (χ0v) is 15.8. The molecule has 136 valence electrons. The van der Waals surface area contributed by atoms with Gasteiger partial charge in [-0.05, 0) is 36.2 Å². The third kappa shape index (κ3) is 4.06. The lowest BCUT2D eigenvalue weighted by molar-refractivity contribution is 0.415. The second kappa shape index (κ2) is 7.48. The van der Waals surface area contributed by atoms with E-state index in [0.717, 1.165) is 16.5 Å². The Kier molecular flexibility index (Phi) is 5.30. The quantitative estimate of drug-likeness (QED) is 0.673. The number of fused-ring (bicyclic) bond motifs is 1. The Morgan fingerprint density at radius 2 is 1.85 bits per heavy atom. The molecule has 1 N–H and O–H groups in total. The fourth-order valence-corrected chi connectivity index (χ4v) is 4.59. The number of pyridine rings is 1. The van der Waals surface area contributed by atoms with E-state index in [1.165, 1.54) is 4.57 Å². The molecule has 0 fully saturated rings. The summed E-state index contributed by atoms with van der Waals surface area (Å²) >= 11 is 0. The molecule has 0 saturated carbocycles. The maximum absolute atomic E-state index is 12.7. The zero-order valence-electron chi connectivity index (χ0n) is 14.9. The van der Waals surface area contributed by atoms with E-state index < -0.39 is 7.37 Å². The Hall–Kier alpha value is -2.36. The Labute approximate surface area is 152 Å². The predicted molar refractivity (Wildman–Crippen MR) is 104 cm³/mol. The van der Waals surface area contributed by atoms with Gasteiger partial charge >= 0.3 is 0 Å². The molecule has 1 unspecified atom stereocenters. The summed E-state index contributed by atoms with van der Waals surface area (Å²) in [7, 11) is -0.216. The summed E-state index contributed by atoms with van der Waals surface area (Å²) < 4.78 is 19.4. The van der Waals surface area contributed by atoms with Crippen molar-refractivity contribution in [2.75, 3.05) is 13.3 Å². The predicted octanol–water partition coefficient (Wildman–Crippen LogP) is 3.56. The molecule has 0 saturated heterocycles. The molecule has 0 amide bonds. The third-order valence-electron chi connectivity index (χ3n) is 4.52. The van der Waals surface area contributed by atoms with Crippen LogP contribution in [-0.2, 0) is 24.2 Å². The maximum Gasteiger partial charge on any atom is 0.254 e. The van der Waals surface area contributed by atoms with Gasteiger partial charge in [0.15, 0.2) is 0 Å². The van der Waals surface area contributed by atoms with Gasteiger partial charge in [0.1, 0.15) is 5.75 Å². The van der Waals surface area contributed by atoms with Crippen molar-refractivity contribution in [3.8, 4) is 5.75 Å². The molecule has 0 bridgehead atoms. The number of ether oxygens (including phenoxy) is 1. The van der Waals surface area contributed by atoms with E-state index in [1.54, 1.807) is 26.3 Å². The molecule has 1 atom stereocenters. The molecule has 0 aliphatic rings. The lowest BCUT2D eigenvalue weighted by atomic mass is 10.1. The van der Waals surface area contributed by atoms with Crippen molar-refractivity contribution in [2.45, 2.75) is 12.6 Å². The molecule has 0 aliphatic heterocycles. The highest BCUT2D eigenvalue weighted by atomic mass is 31.2. The monoisotopic (exact) mass is 371 g/mol. The van der Waals surface area contributed by atoms with Crippen molar-refractivity contribution in [1.29, 1.82) is 0 Å². The van der Waals surface area contributed by atoms with Gasteiger partial charge in [-0.3, -0.25) is 9.36 Å². The first kappa shape index (κ1) is 18.4. The van der Waals surface area contributed by atoms with Crippen molar-refractivity contribution in [3.05, 3.63) is 76.1 Å². The summed E-state index contributed by atoms with van der Waals surface area (Å²) in [5.41, 5.74) is 1.89. The maximum atomic E-state index is 12.7. The highest BCUT2D eigenvalue weighted by Crippen LogP contribution is 2.44. The zero-order chi connectivity index (χ0) is 18.7. The van der Waals surface area contributed by atoms with Crippen LogP contribution in [0.15, 0.2) is 59.4 Å². The Morgan fingerprint density at radius 1 is 1.12 bits per heavy atom. The van der Waals surface area contributed by atoms with Crippen molar-refractivity contribution >= 4 is 18.3 Å². The van der Waals surface area contributed by atoms with Crippen LogP contribution in [0.3, 0.4) is 0 Å². The van der Waals surface area contributed by atoms with E-state index in [0.29, 0.717) is 17.7 Å². The van der Waals surface area contributed by atoms with Gasteiger partial charge in [-0.2, -0.15) is 0 Å². The summed E-state index contributed by atoms with van der Waals surface area (Å²) in [6, 6.07) is 16.7. The highest BCUT2D eigenvalue weighted by Gasteiger charge is 2.21. The first-order chi connectivity index (χ1) is 12.4. The molecular formula is C20H22NO4P. The lowest BCUT2D eigenvalue weighted by Gasteiger charge is -2.14. The molecule has 2 aromatic carbocycles. The van der Waals surface area contributed by atoms with Crippen LogP contribution in [0.25, 0.3) is 10.9 Å². The van der Waals surface area contributed by atoms with E-state index in [4.69, 9.17) is 4.74 Å². The van der Waals surface area contributed by atoms with Gasteiger partial charge in [0, 0.05) is 24.2 Å². The van der Waals surface area contributed by atoms with Crippen molar-refractivity contribution in [3.63, 3.8) is 0 Å². The SMILES string of the molecule is COc1ccc2c(c1)cc(CP(=O)(O)CCc1ccccc1)c(=O)n2C. The summed E-state index contributed by atoms with van der Waals surface area (Å²) in [4.78, 5) is 23.0. The number of aromatic nitrogens is 1. The third-order valence-corrected chi connectivity index (χ3v) is 6.27. The van der Waals surface area contributed by atoms with Crippen molar-refractivity contribution < 1.29 is 14.2 Å². The summed E-state index contributed by atoms with van der Waals surface area (Å²) in [5.74, 6) is 0.679. The van der Waals surface area contributed by atoms with Gasteiger partial charge in [-0.1, -0.05) is 30.3 Å². The molecule has 0 radical (unpaired) electrons. The van der Waals surface area contributed by atoms with E-state index in [1.807, 2.05) is 42.5 Å². The number of hydrogen-bond acceptors (Lipinski definition) is 3. The van der Waals surface area contributed by atoms with Crippen LogP contribution >= 0.6 is 7.37 Å². The smallest absolute Gasteiger partial charge is 0.254 e. The molecule has 1 aromatic heterocycles. The van der Waals surface area contributed by atoms with Crippen molar-refractivity contribution in [2.24, 2.45) is 7.05 Å². The van der Waals surface area contributed by atoms with Crippen LogP contribution in [0.2, 0.25) is 0 Å². The number of benzene rings is 2. The minimum absolute atomic E-state index is 0.125. The number of rotatable bonds is 6. The first-order valence-corrected chi connectivity index (χ1v) is 10.4. The van der Waals surface area contributed by atoms with Gasteiger partial charge in [-0.15, -0.1) is 0 Å². The van der Waals surface area contributed by atoms with E-state index in [2.05, 4.69) is 0 Å². The molecule has 3 aromatic rings. The van der Waals surface area contributed by atoms with Crippen LogP contribution in [0.1, 0.15) is 11.1 Å². The molecule has 3 rings (SSSR count). The fraction of sp³-hybridized carbons (Fsp3) is 0.250. The normalized spacial score (nSPS) is 13.5. The summed E-state index contributed by atoms with van der Waals surface area (Å²) in [6.45, 7) is 0. The van der Waals surface area contributed by atoms with Crippen LogP contribution in [-0.4, -0.2) is 22.7 Å². The van der Waals surface area contributed by atoms with E-state index in [-0.39, 0.29) is 17.9 Å². The number of aryl methyl sites for hydroxylation is 2. The van der Waals surface area contributed by atoms with Crippen LogP contribution in [0, 0.1) is 0 Å². The molecule has 0 aliphatic carbocycles. The van der Waals surface area contributed by atoms with E-state index in [9.17, 15) is 14.3 Å². The van der Waals surface area contributed by atoms with Crippen LogP contribution in [0.5, 0.6) is 5.75 Å². The minimum atomic E-state index is -3.47. The average Bonchev–Trinajstić information content (AvgIpc) is 2.64. The van der Waals surface area contributed by atoms with Gasteiger partial charge in [0.05, 0.1) is 18.8 Å². The Balaban J connectivity index is 1.88. The van der Waals surface area contributed by atoms with E-state index >= 15 is 0 Å². The van der Waals surface area contributed by atoms with Crippen molar-refractivity contribution in [1.82, 2.24) is 4.57 Å². The standard InChI is InChI=1S/C20H22NO4P/c1-21-19-9-8-18(25-2)13-16(19)12-17(20(21)22)14-26(23,24)11-10-15-6-4-3-5-7-15/h3-9,12-13H,10-11,14H2,1-2H3,(H,23,24). The minimum Gasteiger partial charge on any atom is -0.497 e. The van der Waals surface area contributed by atoms with Gasteiger partial charge < -0.3 is 14.2 Å². The molecule has 26 heavy (non-hydrogen) atoms. The molecule has 6 heteroatoms. The molecule has 5 nitrogen and oxygen atoms in total.